The molecule has 0 saturated heterocycles. The van der Waals surface area contributed by atoms with Gasteiger partial charge in [0, 0.05) is 42.0 Å². The smallest absolute Gasteiger partial charge is 0.407 e. The Hall–Kier alpha value is -3.89. The molecule has 176 valence electrons. The standard InChI is InChI=1S/C23H27N9O2/c1-23(6-7-23)28-22(33)34-16-4-3-14(9-16)17-10-20(30-29-17)27-21-19-5-8-24-32(19)13-18(26-21)15-11-25-31(2)12-15/h5,8,10-14,16H,3-4,6-7,9H2,1-2H3,(H,28,33)(H2,26,27,29,30). The third-order valence-corrected chi connectivity index (χ3v) is 6.74. The Balaban J connectivity index is 1.15. The number of nitrogens with zero attached hydrogens (tertiary/aromatic N) is 6. The summed E-state index contributed by atoms with van der Waals surface area (Å²) in [6.45, 7) is 2.05. The van der Waals surface area contributed by atoms with Crippen molar-refractivity contribution in [2.45, 2.75) is 56.6 Å². The molecule has 4 aromatic rings. The van der Waals surface area contributed by atoms with E-state index >= 15 is 0 Å². The Morgan fingerprint density at radius 1 is 1.26 bits per heavy atom. The van der Waals surface area contributed by atoms with Crippen LogP contribution >= 0.6 is 0 Å². The number of nitrogens with one attached hydrogen (secondary N) is 3. The van der Waals surface area contributed by atoms with E-state index in [1.54, 1.807) is 21.6 Å². The van der Waals surface area contributed by atoms with Gasteiger partial charge in [0.2, 0.25) is 0 Å². The predicted molar refractivity (Wildman–Crippen MR) is 125 cm³/mol. The zero-order valence-electron chi connectivity index (χ0n) is 19.2. The molecule has 0 aliphatic heterocycles. The van der Waals surface area contributed by atoms with Crippen LogP contribution in [0.15, 0.2) is 36.9 Å². The summed E-state index contributed by atoms with van der Waals surface area (Å²) in [6.07, 6.45) is 11.5. The first-order valence-electron chi connectivity index (χ1n) is 11.6. The number of hydrogen-bond acceptors (Lipinski definition) is 7. The molecular formula is C23H27N9O2. The number of anilines is 2. The minimum absolute atomic E-state index is 0.0671. The number of rotatable bonds is 6. The highest BCUT2D eigenvalue weighted by Gasteiger charge is 2.40. The van der Waals surface area contributed by atoms with Gasteiger partial charge in [-0.1, -0.05) is 0 Å². The Labute approximate surface area is 195 Å². The topological polar surface area (TPSA) is 127 Å². The van der Waals surface area contributed by atoms with E-state index in [2.05, 4.69) is 31.0 Å². The normalized spacial score (nSPS) is 21.0. The number of carbonyl (C=O) groups is 1. The Morgan fingerprint density at radius 2 is 2.15 bits per heavy atom. The van der Waals surface area contributed by atoms with Gasteiger partial charge < -0.3 is 15.4 Å². The molecule has 2 atom stereocenters. The first-order valence-corrected chi connectivity index (χ1v) is 11.6. The maximum absolute atomic E-state index is 12.1. The summed E-state index contributed by atoms with van der Waals surface area (Å²) in [5.41, 5.74) is 3.47. The highest BCUT2D eigenvalue weighted by Crippen LogP contribution is 2.37. The van der Waals surface area contributed by atoms with E-state index in [4.69, 9.17) is 9.72 Å². The molecule has 0 bridgehead atoms. The molecule has 1 amide bonds. The van der Waals surface area contributed by atoms with Crippen LogP contribution in [0.1, 0.15) is 50.6 Å². The van der Waals surface area contributed by atoms with Crippen LogP contribution in [0.2, 0.25) is 0 Å². The van der Waals surface area contributed by atoms with Crippen LogP contribution in [0.25, 0.3) is 16.8 Å². The largest absolute Gasteiger partial charge is 0.446 e. The lowest BCUT2D eigenvalue weighted by atomic mass is 10.0. The maximum Gasteiger partial charge on any atom is 0.407 e. The van der Waals surface area contributed by atoms with E-state index < -0.39 is 0 Å². The Bertz CT molecular complexity index is 1350. The Morgan fingerprint density at radius 3 is 2.94 bits per heavy atom. The van der Waals surface area contributed by atoms with Crippen LogP contribution in [-0.2, 0) is 11.8 Å². The van der Waals surface area contributed by atoms with Gasteiger partial charge in [-0.3, -0.25) is 9.78 Å². The molecule has 6 rings (SSSR count). The van der Waals surface area contributed by atoms with Crippen molar-refractivity contribution in [1.29, 1.82) is 0 Å². The highest BCUT2D eigenvalue weighted by molar-refractivity contribution is 5.75. The van der Waals surface area contributed by atoms with Crippen LogP contribution in [0, 0.1) is 0 Å². The predicted octanol–water partition coefficient (Wildman–Crippen LogP) is 3.51. The molecule has 11 nitrogen and oxygen atoms in total. The van der Waals surface area contributed by atoms with Crippen LogP contribution in [0.4, 0.5) is 16.4 Å². The van der Waals surface area contributed by atoms with Crippen molar-refractivity contribution < 1.29 is 9.53 Å². The van der Waals surface area contributed by atoms with E-state index in [-0.39, 0.29) is 23.7 Å². The summed E-state index contributed by atoms with van der Waals surface area (Å²) in [4.78, 5) is 16.9. The van der Waals surface area contributed by atoms with Crippen LogP contribution < -0.4 is 10.6 Å². The van der Waals surface area contributed by atoms with Crippen LogP contribution in [-0.4, -0.2) is 52.3 Å². The quantitative estimate of drug-likeness (QED) is 0.401. The Kier molecular flexibility index (Phi) is 4.78. The number of aromatic amines is 1. The number of H-pyrrole nitrogens is 1. The number of alkyl carbamates (subject to hydrolysis) is 1. The lowest BCUT2D eigenvalue weighted by Crippen LogP contribution is -2.36. The number of amides is 1. The number of hydrogen-bond donors (Lipinski definition) is 3. The molecule has 11 heteroatoms. The van der Waals surface area contributed by atoms with Crippen molar-refractivity contribution in [3.8, 4) is 11.3 Å². The summed E-state index contributed by atoms with van der Waals surface area (Å²) in [6, 6.07) is 3.91. The summed E-state index contributed by atoms with van der Waals surface area (Å²) < 4.78 is 9.18. The van der Waals surface area contributed by atoms with Gasteiger partial charge >= 0.3 is 6.09 Å². The van der Waals surface area contributed by atoms with Gasteiger partial charge in [-0.15, -0.1) is 0 Å². The third-order valence-electron chi connectivity index (χ3n) is 6.74. The fourth-order valence-electron chi connectivity index (χ4n) is 4.51. The van der Waals surface area contributed by atoms with Gasteiger partial charge in [0.05, 0.1) is 24.3 Å². The van der Waals surface area contributed by atoms with Gasteiger partial charge in [-0.25, -0.2) is 14.3 Å². The fourth-order valence-corrected chi connectivity index (χ4v) is 4.51. The maximum atomic E-state index is 12.1. The second-order valence-electron chi connectivity index (χ2n) is 9.59. The fraction of sp³-hybridized carbons (Fsp3) is 0.435. The van der Waals surface area contributed by atoms with Gasteiger partial charge in [-0.2, -0.15) is 15.3 Å². The zero-order valence-corrected chi connectivity index (χ0v) is 19.2. The number of ether oxygens (including phenoxy) is 1. The molecule has 3 N–H and O–H groups in total. The van der Waals surface area contributed by atoms with Crippen molar-refractivity contribution in [2.75, 3.05) is 5.32 Å². The summed E-state index contributed by atoms with van der Waals surface area (Å²) in [5.74, 6) is 1.61. The lowest BCUT2D eigenvalue weighted by Gasteiger charge is -2.16. The van der Waals surface area contributed by atoms with E-state index in [0.29, 0.717) is 11.6 Å². The molecule has 2 aliphatic rings. The van der Waals surface area contributed by atoms with Crippen molar-refractivity contribution in [2.24, 2.45) is 7.05 Å². The molecule has 0 spiro atoms. The van der Waals surface area contributed by atoms with Gasteiger partial charge in [-0.05, 0) is 45.1 Å². The molecule has 2 fully saturated rings. The van der Waals surface area contributed by atoms with E-state index in [9.17, 15) is 4.79 Å². The van der Waals surface area contributed by atoms with Crippen molar-refractivity contribution >= 4 is 23.2 Å². The minimum Gasteiger partial charge on any atom is -0.446 e. The first-order chi connectivity index (χ1) is 16.4. The molecule has 4 heterocycles. The average Bonchev–Trinajstić information content (AvgIpc) is 3.35. The molecule has 2 saturated carbocycles. The number of carbonyl (C=O) groups excluding carboxylic acids is 1. The second kappa shape index (κ2) is 7.86. The molecule has 4 aromatic heterocycles. The molecule has 0 aromatic carbocycles. The van der Waals surface area contributed by atoms with Crippen LogP contribution in [0.5, 0.6) is 0 Å². The van der Waals surface area contributed by atoms with Gasteiger partial charge in [0.15, 0.2) is 11.6 Å². The highest BCUT2D eigenvalue weighted by atomic mass is 16.6. The van der Waals surface area contributed by atoms with E-state index in [1.165, 1.54) is 0 Å². The van der Waals surface area contributed by atoms with Gasteiger partial charge in [0.1, 0.15) is 11.6 Å². The van der Waals surface area contributed by atoms with Crippen molar-refractivity contribution in [3.63, 3.8) is 0 Å². The summed E-state index contributed by atoms with van der Waals surface area (Å²) in [7, 11) is 1.87. The van der Waals surface area contributed by atoms with Gasteiger partial charge in [0.25, 0.3) is 0 Å². The monoisotopic (exact) mass is 461 g/mol. The zero-order chi connectivity index (χ0) is 23.3. The van der Waals surface area contributed by atoms with E-state index in [0.717, 1.165) is 54.6 Å². The average molecular weight is 462 g/mol. The number of aromatic nitrogens is 7. The molecule has 34 heavy (non-hydrogen) atoms. The molecule has 0 radical (unpaired) electrons. The second-order valence-corrected chi connectivity index (χ2v) is 9.59. The minimum atomic E-state index is -0.304. The molecular weight excluding hydrogens is 434 g/mol. The number of fused-ring (bicyclic) bond motifs is 1. The third kappa shape index (κ3) is 4.09. The van der Waals surface area contributed by atoms with E-state index in [1.807, 2.05) is 38.5 Å². The van der Waals surface area contributed by atoms with Crippen LogP contribution in [0.3, 0.4) is 0 Å². The molecule has 2 unspecified atom stereocenters. The lowest BCUT2D eigenvalue weighted by molar-refractivity contribution is 0.0967. The summed E-state index contributed by atoms with van der Waals surface area (Å²) in [5, 5.41) is 22.5. The molecule has 2 aliphatic carbocycles. The first kappa shape index (κ1) is 20.7. The SMILES string of the molecule is Cn1cc(-c2cn3nccc3c(Nc3cc(C4CCC(OC(=O)NC5(C)CC5)C4)[nH]n3)n2)cn1. The summed E-state index contributed by atoms with van der Waals surface area (Å²) >= 11 is 0. The van der Waals surface area contributed by atoms with Crippen molar-refractivity contribution in [1.82, 2.24) is 39.9 Å². The number of aryl methyl sites for hydroxylation is 1. The van der Waals surface area contributed by atoms with Crippen molar-refractivity contribution in [3.05, 3.63) is 42.6 Å².